The fraction of sp³-hybridized carbons (Fsp3) is 0.389. The molecule has 5 rings (SSSR count). The summed E-state index contributed by atoms with van der Waals surface area (Å²) in [5.74, 6) is 0.834. The zero-order chi connectivity index (χ0) is 20.9. The predicted octanol–water partition coefficient (Wildman–Crippen LogP) is 1.61. The van der Waals surface area contributed by atoms with Gasteiger partial charge in [0.05, 0.1) is 24.0 Å². The molecule has 0 amide bonds. The first-order chi connectivity index (χ1) is 14.5. The number of nitriles is 1. The van der Waals surface area contributed by atoms with Gasteiger partial charge in [0.1, 0.15) is 22.4 Å². The lowest BCUT2D eigenvalue weighted by atomic mass is 9.91. The highest BCUT2D eigenvalue weighted by Crippen LogP contribution is 2.30. The minimum atomic E-state index is -1.00. The van der Waals surface area contributed by atoms with Gasteiger partial charge in [0.15, 0.2) is 11.3 Å². The molecule has 0 atom stereocenters. The molecule has 0 radical (unpaired) electrons. The Hall–Kier alpha value is -3.43. The van der Waals surface area contributed by atoms with E-state index in [-0.39, 0.29) is 11.6 Å². The minimum absolute atomic E-state index is 0.278. The summed E-state index contributed by atoms with van der Waals surface area (Å²) in [6, 6.07) is 4.22. The average Bonchev–Trinajstić information content (AvgIpc) is 3.31. The zero-order valence-corrected chi connectivity index (χ0v) is 17.1. The fourth-order valence-electron chi connectivity index (χ4n) is 3.71. The number of pyridine rings is 1. The third-order valence-electron chi connectivity index (χ3n) is 5.43. The lowest BCUT2D eigenvalue weighted by molar-refractivity contribution is 0.0448. The Morgan fingerprint density at radius 2 is 2.10 bits per heavy atom. The van der Waals surface area contributed by atoms with Crippen molar-refractivity contribution in [3.63, 3.8) is 0 Å². The summed E-state index contributed by atoms with van der Waals surface area (Å²) in [5, 5.41) is 13.1. The number of rotatable bonds is 3. The number of anilines is 2. The van der Waals surface area contributed by atoms with E-state index in [4.69, 9.17) is 4.74 Å². The molecule has 0 bridgehead atoms. The molecule has 1 fully saturated rings. The van der Waals surface area contributed by atoms with E-state index in [1.165, 1.54) is 9.13 Å². The molecule has 1 saturated heterocycles. The van der Waals surface area contributed by atoms with Crippen molar-refractivity contribution in [2.24, 2.45) is 7.05 Å². The predicted molar refractivity (Wildman–Crippen MR) is 110 cm³/mol. The summed E-state index contributed by atoms with van der Waals surface area (Å²) in [6.07, 6.45) is 2.41. The molecule has 1 aliphatic heterocycles. The maximum absolute atomic E-state index is 13.0. The lowest BCUT2D eigenvalue weighted by Gasteiger charge is -2.31. The Balaban J connectivity index is 1.64. The minimum Gasteiger partial charge on any atom is -0.381 e. The number of imidazole rings is 1. The van der Waals surface area contributed by atoms with Gasteiger partial charge in [-0.1, -0.05) is 0 Å². The molecular weight excluding hydrogens is 406 g/mol. The number of hydrogen-bond donors (Lipinski definition) is 1. The number of fused-ring (bicyclic) bond motifs is 2. The second kappa shape index (κ2) is 6.82. The van der Waals surface area contributed by atoms with Crippen LogP contribution >= 0.6 is 11.7 Å². The Bertz CT molecular complexity index is 1370. The van der Waals surface area contributed by atoms with E-state index in [2.05, 4.69) is 35.1 Å². The van der Waals surface area contributed by atoms with E-state index in [1.807, 2.05) is 13.0 Å². The fourth-order valence-corrected chi connectivity index (χ4v) is 4.19. The van der Waals surface area contributed by atoms with Crippen molar-refractivity contribution in [1.82, 2.24) is 32.8 Å². The van der Waals surface area contributed by atoms with Crippen molar-refractivity contribution in [2.45, 2.75) is 25.3 Å². The van der Waals surface area contributed by atoms with Gasteiger partial charge >= 0.3 is 5.69 Å². The Kier molecular flexibility index (Phi) is 4.23. The maximum Gasteiger partial charge on any atom is 0.331 e. The van der Waals surface area contributed by atoms with Crippen molar-refractivity contribution in [2.75, 3.05) is 18.5 Å². The number of aromatic nitrogens is 7. The van der Waals surface area contributed by atoms with Gasteiger partial charge in [-0.15, -0.1) is 0 Å². The molecule has 0 unspecified atom stereocenters. The van der Waals surface area contributed by atoms with Crippen molar-refractivity contribution < 1.29 is 4.74 Å². The van der Waals surface area contributed by atoms with Crippen molar-refractivity contribution >= 4 is 45.8 Å². The summed E-state index contributed by atoms with van der Waals surface area (Å²) in [5.41, 5.74) is 1.78. The van der Waals surface area contributed by atoms with Crippen LogP contribution in [0.15, 0.2) is 17.1 Å². The summed E-state index contributed by atoms with van der Waals surface area (Å²) < 4.78 is 16.7. The van der Waals surface area contributed by atoms with Gasteiger partial charge in [-0.2, -0.15) is 19.0 Å². The van der Waals surface area contributed by atoms with E-state index in [0.29, 0.717) is 48.7 Å². The van der Waals surface area contributed by atoms with E-state index >= 15 is 0 Å². The van der Waals surface area contributed by atoms with E-state index in [0.717, 1.165) is 22.8 Å². The third kappa shape index (κ3) is 2.74. The van der Waals surface area contributed by atoms with E-state index < -0.39 is 5.54 Å². The Labute approximate surface area is 174 Å². The number of hydrogen-bond acceptors (Lipinski definition) is 10. The summed E-state index contributed by atoms with van der Waals surface area (Å²) >= 11 is 1.10. The largest absolute Gasteiger partial charge is 0.381 e. The van der Waals surface area contributed by atoms with Gasteiger partial charge in [-0.05, 0) is 18.6 Å². The normalized spacial score (nSPS) is 16.0. The van der Waals surface area contributed by atoms with Gasteiger partial charge in [0.2, 0.25) is 5.95 Å². The van der Waals surface area contributed by atoms with Gasteiger partial charge in [-0.25, -0.2) is 14.8 Å². The van der Waals surface area contributed by atoms with Gasteiger partial charge in [0, 0.05) is 33.1 Å². The van der Waals surface area contributed by atoms with Crippen molar-refractivity contribution in [3.8, 4) is 6.07 Å². The van der Waals surface area contributed by atoms with Crippen LogP contribution in [0.3, 0.4) is 0 Å². The summed E-state index contributed by atoms with van der Waals surface area (Å²) in [6.45, 7) is 2.73. The highest BCUT2D eigenvalue weighted by Gasteiger charge is 2.38. The van der Waals surface area contributed by atoms with Gasteiger partial charge in [0.25, 0.3) is 0 Å². The number of aryl methyl sites for hydroxylation is 2. The quantitative estimate of drug-likeness (QED) is 0.521. The van der Waals surface area contributed by atoms with Crippen LogP contribution in [0.4, 0.5) is 11.8 Å². The molecule has 12 heteroatoms. The average molecular weight is 423 g/mol. The van der Waals surface area contributed by atoms with Crippen LogP contribution in [0.25, 0.3) is 22.3 Å². The standard InChI is InChI=1S/C18H17N9O2S/c1-10-7-11-14(25-30-24-11)21-13(10)22-16-20-8-12-15(23-16)27(17(28)26(12)2)18(9-19)3-5-29-6-4-18/h7-8H,3-6H2,1-2H3,(H,20,21,22,23,25). The second-order valence-electron chi connectivity index (χ2n) is 7.22. The van der Waals surface area contributed by atoms with Crippen molar-refractivity contribution in [3.05, 3.63) is 28.3 Å². The molecule has 4 aromatic rings. The SMILES string of the molecule is Cc1cc2nsnc2nc1Nc1ncc2c(n1)n(C1(C#N)CCOCC1)c(=O)n2C. The molecule has 0 spiro atoms. The van der Waals surface area contributed by atoms with Gasteiger partial charge < -0.3 is 10.1 Å². The number of nitrogens with zero attached hydrogens (tertiary/aromatic N) is 8. The molecule has 152 valence electrons. The Morgan fingerprint density at radius 3 is 2.87 bits per heavy atom. The first kappa shape index (κ1) is 18.6. The van der Waals surface area contributed by atoms with Crippen LogP contribution in [0.5, 0.6) is 0 Å². The maximum atomic E-state index is 13.0. The molecule has 0 aliphatic carbocycles. The first-order valence-electron chi connectivity index (χ1n) is 9.33. The van der Waals surface area contributed by atoms with Crippen LogP contribution in [0.1, 0.15) is 18.4 Å². The molecule has 0 saturated carbocycles. The highest BCUT2D eigenvalue weighted by molar-refractivity contribution is 7.00. The number of nitrogens with one attached hydrogen (secondary N) is 1. The van der Waals surface area contributed by atoms with Crippen molar-refractivity contribution in [1.29, 1.82) is 5.26 Å². The lowest BCUT2D eigenvalue weighted by Crippen LogP contribution is -2.44. The van der Waals surface area contributed by atoms with Crippen LogP contribution in [0, 0.1) is 18.3 Å². The molecule has 0 aromatic carbocycles. The molecule has 4 aromatic heterocycles. The van der Waals surface area contributed by atoms with Gasteiger partial charge in [-0.3, -0.25) is 9.13 Å². The Morgan fingerprint density at radius 1 is 1.30 bits per heavy atom. The van der Waals surface area contributed by atoms with Crippen LogP contribution in [-0.2, 0) is 17.3 Å². The van der Waals surface area contributed by atoms with Crippen LogP contribution in [-0.4, -0.2) is 46.0 Å². The third-order valence-corrected chi connectivity index (χ3v) is 5.96. The van der Waals surface area contributed by atoms with E-state index in [9.17, 15) is 10.1 Å². The smallest absolute Gasteiger partial charge is 0.331 e. The van der Waals surface area contributed by atoms with Crippen LogP contribution < -0.4 is 11.0 Å². The molecule has 30 heavy (non-hydrogen) atoms. The molecule has 5 heterocycles. The zero-order valence-electron chi connectivity index (χ0n) is 16.3. The molecular formula is C18H17N9O2S. The summed E-state index contributed by atoms with van der Waals surface area (Å²) in [4.78, 5) is 26.4. The van der Waals surface area contributed by atoms with Crippen LogP contribution in [0.2, 0.25) is 0 Å². The highest BCUT2D eigenvalue weighted by atomic mass is 32.1. The molecule has 11 nitrogen and oxygen atoms in total. The van der Waals surface area contributed by atoms with E-state index in [1.54, 1.807) is 13.2 Å². The first-order valence-corrected chi connectivity index (χ1v) is 10.1. The number of ether oxygens (including phenoxy) is 1. The molecule has 1 aliphatic rings. The second-order valence-corrected chi connectivity index (χ2v) is 7.75. The monoisotopic (exact) mass is 423 g/mol. The topological polar surface area (TPSA) is 136 Å². The molecule has 1 N–H and O–H groups in total. The summed E-state index contributed by atoms with van der Waals surface area (Å²) in [7, 11) is 1.65.